The lowest BCUT2D eigenvalue weighted by Crippen LogP contribution is -2.38. The van der Waals surface area contributed by atoms with Crippen LogP contribution >= 0.6 is 11.8 Å². The lowest BCUT2D eigenvalue weighted by molar-refractivity contribution is 0.102. The third kappa shape index (κ3) is 4.37. The van der Waals surface area contributed by atoms with Crippen LogP contribution in [-0.2, 0) is 10.3 Å². The second-order valence-corrected chi connectivity index (χ2v) is 9.96. The minimum Gasteiger partial charge on any atom is -0.469 e. The number of carbonyl (C=O) groups excluding carboxylic acids is 1. The summed E-state index contributed by atoms with van der Waals surface area (Å²) in [5, 5.41) is 2.84. The molecule has 0 bridgehead atoms. The van der Waals surface area contributed by atoms with Crippen LogP contribution in [0.25, 0.3) is 0 Å². The number of benzene rings is 1. The average Bonchev–Trinajstić information content (AvgIpc) is 3.51. The normalized spacial score (nSPS) is 26.1. The van der Waals surface area contributed by atoms with Gasteiger partial charge in [0.25, 0.3) is 5.91 Å². The highest BCUT2D eigenvalue weighted by Crippen LogP contribution is 2.66. The molecular formula is C23H25F2N5O3S. The van der Waals surface area contributed by atoms with E-state index in [1.165, 1.54) is 30.2 Å². The van der Waals surface area contributed by atoms with Gasteiger partial charge in [0.05, 0.1) is 29.3 Å². The summed E-state index contributed by atoms with van der Waals surface area (Å²) in [6.45, 7) is 7.53. The molecule has 1 amide bonds. The number of amidine groups is 1. The Morgan fingerprint density at radius 1 is 1.41 bits per heavy atom. The van der Waals surface area contributed by atoms with Crippen LogP contribution in [0.4, 0.5) is 14.5 Å². The van der Waals surface area contributed by atoms with Gasteiger partial charge < -0.3 is 20.5 Å². The first-order chi connectivity index (χ1) is 16.1. The number of carbonyl (C=O) groups is 1. The molecule has 2 aromatic rings. The molecule has 1 aliphatic heterocycles. The minimum atomic E-state index is -1.11. The van der Waals surface area contributed by atoms with Gasteiger partial charge in [-0.05, 0) is 26.3 Å². The van der Waals surface area contributed by atoms with Crippen molar-refractivity contribution in [3.8, 4) is 5.88 Å². The number of methoxy groups -OCH3 is 1. The molecule has 180 valence electrons. The highest BCUT2D eigenvalue weighted by Gasteiger charge is 2.66. The summed E-state index contributed by atoms with van der Waals surface area (Å²) >= 11 is 1.40. The zero-order valence-electron chi connectivity index (χ0n) is 19.0. The van der Waals surface area contributed by atoms with Crippen molar-refractivity contribution in [2.75, 3.05) is 19.0 Å². The summed E-state index contributed by atoms with van der Waals surface area (Å²) in [5.74, 6) is -2.65. The Hall–Kier alpha value is -3.05. The van der Waals surface area contributed by atoms with Crippen molar-refractivity contribution in [2.24, 2.45) is 16.6 Å². The number of fused-ring (bicyclic) bond motifs is 1. The van der Waals surface area contributed by atoms with E-state index >= 15 is 4.39 Å². The molecule has 1 saturated carbocycles. The van der Waals surface area contributed by atoms with Gasteiger partial charge in [0.15, 0.2) is 16.8 Å². The van der Waals surface area contributed by atoms with Crippen molar-refractivity contribution in [3.05, 3.63) is 60.1 Å². The molecule has 1 aromatic carbocycles. The molecular weight excluding hydrogens is 464 g/mol. The zero-order chi connectivity index (χ0) is 24.7. The van der Waals surface area contributed by atoms with Gasteiger partial charge in [-0.15, -0.1) is 0 Å². The summed E-state index contributed by atoms with van der Waals surface area (Å²) < 4.78 is 40.1. The fourth-order valence-corrected chi connectivity index (χ4v) is 5.74. The molecule has 8 nitrogen and oxygen atoms in total. The molecule has 0 radical (unpaired) electrons. The third-order valence-electron chi connectivity index (χ3n) is 6.07. The standard InChI is InChI=1S/C23H25F2N5O3S/c1-5-12(2)33-18-10-27-16(9-28-18)20(31)29-13-6-14(19(25)15(24)7-13)22(3)17-8-23(17,11-32-4)34-21(26)30-22/h5-7,9-10,12,17H,1,8,11H2,2-4H3,(H2,26,30)(H,29,31)/t12-,17+,22-,23-/m1/s1. The smallest absolute Gasteiger partial charge is 0.275 e. The Balaban J connectivity index is 1.60. The van der Waals surface area contributed by atoms with Crippen LogP contribution in [0.2, 0.25) is 0 Å². The molecule has 0 spiro atoms. The number of ether oxygens (including phenoxy) is 2. The molecule has 2 heterocycles. The van der Waals surface area contributed by atoms with Gasteiger partial charge >= 0.3 is 0 Å². The first-order valence-corrected chi connectivity index (χ1v) is 11.4. The van der Waals surface area contributed by atoms with Crippen molar-refractivity contribution in [2.45, 2.75) is 36.7 Å². The summed E-state index contributed by atoms with van der Waals surface area (Å²) in [6.07, 6.45) is 4.53. The van der Waals surface area contributed by atoms with Crippen LogP contribution < -0.4 is 15.8 Å². The Bertz CT molecular complexity index is 1160. The molecule has 1 fully saturated rings. The molecule has 2 aliphatic rings. The number of anilines is 1. The van der Waals surface area contributed by atoms with Crippen molar-refractivity contribution < 1.29 is 23.0 Å². The van der Waals surface area contributed by atoms with Crippen molar-refractivity contribution >= 4 is 28.5 Å². The van der Waals surface area contributed by atoms with Crippen molar-refractivity contribution in [3.63, 3.8) is 0 Å². The third-order valence-corrected chi connectivity index (χ3v) is 7.35. The summed E-state index contributed by atoms with van der Waals surface area (Å²) in [7, 11) is 1.59. The SMILES string of the molecule is C=C[C@@H](C)Oc1cnc(C(=O)Nc2cc(F)c(F)c([C@@]3(C)N=C(N)S[C@@]4(COC)C[C@H]43)c2)cn1. The van der Waals surface area contributed by atoms with Crippen LogP contribution in [0.3, 0.4) is 0 Å². The molecule has 34 heavy (non-hydrogen) atoms. The first-order valence-electron chi connectivity index (χ1n) is 10.6. The molecule has 0 unspecified atom stereocenters. The predicted molar refractivity (Wildman–Crippen MR) is 126 cm³/mol. The van der Waals surface area contributed by atoms with Gasteiger partial charge in [0, 0.05) is 30.3 Å². The maximum Gasteiger partial charge on any atom is 0.275 e. The number of nitrogens with two attached hydrogens (primary N) is 1. The maximum atomic E-state index is 15.0. The fraction of sp³-hybridized carbons (Fsp3) is 0.391. The number of aliphatic imine (C=N–C) groups is 1. The van der Waals surface area contributed by atoms with E-state index < -0.39 is 23.1 Å². The topological polar surface area (TPSA) is 112 Å². The maximum absolute atomic E-state index is 15.0. The lowest BCUT2D eigenvalue weighted by atomic mass is 9.85. The van der Waals surface area contributed by atoms with E-state index in [1.807, 2.05) is 0 Å². The van der Waals surface area contributed by atoms with Crippen LogP contribution in [0.15, 0.2) is 42.2 Å². The summed E-state index contributed by atoms with van der Waals surface area (Å²) in [5.41, 5.74) is 5.00. The van der Waals surface area contributed by atoms with E-state index in [0.29, 0.717) is 13.0 Å². The van der Waals surface area contributed by atoms with Crippen LogP contribution in [0, 0.1) is 17.6 Å². The van der Waals surface area contributed by atoms with E-state index in [2.05, 4.69) is 26.9 Å². The van der Waals surface area contributed by atoms with Gasteiger partial charge in [-0.25, -0.2) is 18.7 Å². The lowest BCUT2D eigenvalue weighted by Gasteiger charge is -2.34. The number of amides is 1. The van der Waals surface area contributed by atoms with Crippen LogP contribution in [-0.4, -0.2) is 45.6 Å². The number of thioether (sulfide) groups is 1. The number of aromatic nitrogens is 2. The highest BCUT2D eigenvalue weighted by molar-refractivity contribution is 8.15. The van der Waals surface area contributed by atoms with Crippen LogP contribution in [0.1, 0.15) is 36.3 Å². The van der Waals surface area contributed by atoms with Crippen LogP contribution in [0.5, 0.6) is 5.88 Å². The summed E-state index contributed by atoms with van der Waals surface area (Å²) in [6, 6.07) is 2.30. The highest BCUT2D eigenvalue weighted by atomic mass is 32.2. The van der Waals surface area contributed by atoms with Gasteiger partial charge in [-0.3, -0.25) is 9.79 Å². The Morgan fingerprint density at radius 2 is 2.18 bits per heavy atom. The number of hydrogen-bond donors (Lipinski definition) is 2. The quantitative estimate of drug-likeness (QED) is 0.545. The number of nitrogens with zero attached hydrogens (tertiary/aromatic N) is 3. The average molecular weight is 490 g/mol. The Kier molecular flexibility index (Phi) is 6.34. The van der Waals surface area contributed by atoms with E-state index in [0.717, 1.165) is 6.07 Å². The Morgan fingerprint density at radius 3 is 2.82 bits per heavy atom. The van der Waals surface area contributed by atoms with Crippen molar-refractivity contribution in [1.29, 1.82) is 0 Å². The summed E-state index contributed by atoms with van der Waals surface area (Å²) in [4.78, 5) is 25.2. The van der Waals surface area contributed by atoms with Crippen molar-refractivity contribution in [1.82, 2.24) is 9.97 Å². The first kappa shape index (κ1) is 24.1. The number of hydrogen-bond acceptors (Lipinski definition) is 8. The zero-order valence-corrected chi connectivity index (χ0v) is 19.8. The van der Waals surface area contributed by atoms with E-state index in [9.17, 15) is 9.18 Å². The molecule has 4 atom stereocenters. The van der Waals surface area contributed by atoms with Gasteiger partial charge in [0.1, 0.15) is 11.8 Å². The van der Waals surface area contributed by atoms with E-state index in [1.54, 1.807) is 27.0 Å². The largest absolute Gasteiger partial charge is 0.469 e. The fourth-order valence-electron chi connectivity index (χ4n) is 4.29. The molecule has 11 heteroatoms. The molecule has 0 saturated heterocycles. The minimum absolute atomic E-state index is 0.0160. The number of nitrogens with one attached hydrogen (secondary N) is 1. The van der Waals surface area contributed by atoms with E-state index in [4.69, 9.17) is 15.2 Å². The molecule has 4 rings (SSSR count). The molecule has 1 aliphatic carbocycles. The van der Waals surface area contributed by atoms with Gasteiger partial charge in [-0.2, -0.15) is 0 Å². The number of rotatable bonds is 8. The van der Waals surface area contributed by atoms with E-state index in [-0.39, 0.29) is 44.8 Å². The Labute approximate surface area is 200 Å². The second-order valence-electron chi connectivity index (χ2n) is 8.53. The monoisotopic (exact) mass is 489 g/mol. The van der Waals surface area contributed by atoms with Gasteiger partial charge in [0.2, 0.25) is 5.88 Å². The molecule has 1 aromatic heterocycles. The molecule has 3 N–H and O–H groups in total. The van der Waals surface area contributed by atoms with Gasteiger partial charge in [-0.1, -0.05) is 24.4 Å². The second kappa shape index (κ2) is 8.95. The number of halogens is 2. The predicted octanol–water partition coefficient (Wildman–Crippen LogP) is 3.64.